The van der Waals surface area contributed by atoms with Crippen LogP contribution in [0.5, 0.6) is 0 Å². The van der Waals surface area contributed by atoms with Crippen LogP contribution >= 0.6 is 0 Å². The van der Waals surface area contributed by atoms with Crippen molar-refractivity contribution in [1.29, 1.82) is 0 Å². The summed E-state index contributed by atoms with van der Waals surface area (Å²) in [5.74, 6) is 0.522. The van der Waals surface area contributed by atoms with Gasteiger partial charge in [0.15, 0.2) is 33.3 Å². The normalized spacial score (nSPS) is 30.7. The molecule has 0 saturated heterocycles. The first-order valence-electron chi connectivity index (χ1n) is 25.8. The lowest BCUT2D eigenvalue weighted by atomic mass is 9.82. The fourth-order valence-electron chi connectivity index (χ4n) is 7.80. The van der Waals surface area contributed by atoms with Gasteiger partial charge in [0, 0.05) is 24.3 Å². The lowest BCUT2D eigenvalue weighted by Crippen LogP contribution is -2.48. The van der Waals surface area contributed by atoms with Gasteiger partial charge in [-0.1, -0.05) is 180 Å². The highest BCUT2D eigenvalue weighted by Crippen LogP contribution is 2.44. The van der Waals surface area contributed by atoms with E-state index in [4.69, 9.17) is 22.4 Å². The number of ether oxygens (including phenoxy) is 1. The average molecular weight is 990 g/mol. The smallest absolute Gasteiger partial charge is 0.331 e. The molecule has 1 heterocycles. The molecule has 384 valence electrons. The first-order chi connectivity index (χ1) is 29.6. The molecule has 0 aromatic rings. The highest BCUT2D eigenvalue weighted by atomic mass is 28.4. The van der Waals surface area contributed by atoms with E-state index in [-0.39, 0.29) is 74.2 Å². The quantitative estimate of drug-likeness (QED) is 0.0890. The van der Waals surface area contributed by atoms with Crippen molar-refractivity contribution in [2.45, 2.75) is 253 Å². The Bertz CT molecular complexity index is 1620. The van der Waals surface area contributed by atoms with Gasteiger partial charge in [-0.3, -0.25) is 0 Å². The molecular weight excluding hydrogens is 881 g/mol. The first-order valence-corrected chi connectivity index (χ1v) is 37.5. The number of hydrogen-bond acceptors (Lipinski definition) is 6. The second-order valence-electron chi connectivity index (χ2n) is 26.8. The fourth-order valence-corrected chi connectivity index (χ4v) is 13.4. The zero-order valence-electron chi connectivity index (χ0n) is 48.0. The second-order valence-corrected chi connectivity index (χ2v) is 45.8. The molecule has 0 radical (unpaired) electrons. The number of rotatable bonds is 11. The molecule has 1 aliphatic heterocycles. The topological polar surface area (TPSA) is 63.2 Å². The molecule has 0 bridgehead atoms. The van der Waals surface area contributed by atoms with E-state index in [1.54, 1.807) is 12.2 Å². The molecule has 0 fully saturated rings. The van der Waals surface area contributed by atoms with Crippen molar-refractivity contribution < 1.29 is 27.2 Å². The van der Waals surface area contributed by atoms with E-state index < -0.39 is 39.4 Å². The third kappa shape index (κ3) is 19.2. The monoisotopic (exact) mass is 989 g/mol. The summed E-state index contributed by atoms with van der Waals surface area (Å²) in [5, 5.41) is 0.176. The second kappa shape index (κ2) is 24.8. The van der Waals surface area contributed by atoms with E-state index in [1.807, 2.05) is 18.2 Å². The van der Waals surface area contributed by atoms with E-state index in [0.717, 1.165) is 25.7 Å². The molecule has 66 heavy (non-hydrogen) atoms. The van der Waals surface area contributed by atoms with Crippen LogP contribution in [-0.4, -0.2) is 69.8 Å². The zero-order valence-corrected chi connectivity index (χ0v) is 52.0. The standard InChI is InChI=1S/C56H108O6Si4/c1-28-29-32-43(4)52-46(7)48(60-64(22,23)54(11,12)13)38-35-41(2)39-45(6)51(62-66(26,27)56(17,18)19)44(5)36-37-47(59-63(20,21)53(8,9)10)40-49(61-65(24,25)55(14,15)16)42(3)33-30-31-34-50(57)58-52/h28-34,36-37,41-49,51-52H,1,35,38-40H2,2-27H3/b32-29-,33-30+,34-31+,37-36-/t41-,42-,43-,44-,45+,46-,47+,48?,49-,51-,52-/m0/s1. The van der Waals surface area contributed by atoms with Crippen LogP contribution in [0.4, 0.5) is 0 Å². The Morgan fingerprint density at radius 2 is 1.09 bits per heavy atom. The van der Waals surface area contributed by atoms with E-state index in [1.165, 1.54) is 0 Å². The van der Waals surface area contributed by atoms with Crippen molar-refractivity contribution in [1.82, 2.24) is 0 Å². The number of carbonyl (C=O) groups excluding carboxylic acids is 1. The van der Waals surface area contributed by atoms with Crippen molar-refractivity contribution in [2.75, 3.05) is 0 Å². The van der Waals surface area contributed by atoms with Crippen LogP contribution in [0, 0.1) is 35.5 Å². The van der Waals surface area contributed by atoms with Crippen LogP contribution in [0.2, 0.25) is 72.5 Å². The third-order valence-electron chi connectivity index (χ3n) is 16.7. The van der Waals surface area contributed by atoms with E-state index in [2.05, 4.69) is 208 Å². The molecule has 0 spiro atoms. The maximum absolute atomic E-state index is 13.9. The summed E-state index contributed by atoms with van der Waals surface area (Å²) < 4.78 is 36.1. The van der Waals surface area contributed by atoms with Crippen LogP contribution in [0.15, 0.2) is 61.3 Å². The minimum Gasteiger partial charge on any atom is -0.458 e. The van der Waals surface area contributed by atoms with Gasteiger partial charge in [-0.05, 0) is 115 Å². The van der Waals surface area contributed by atoms with Crippen LogP contribution < -0.4 is 0 Å². The molecule has 0 aromatic heterocycles. The highest BCUT2D eigenvalue weighted by molar-refractivity contribution is 6.75. The van der Waals surface area contributed by atoms with Crippen molar-refractivity contribution in [3.05, 3.63) is 61.3 Å². The molecule has 0 saturated carbocycles. The molecule has 11 atom stereocenters. The van der Waals surface area contributed by atoms with Gasteiger partial charge in [-0.25, -0.2) is 4.79 Å². The lowest BCUT2D eigenvalue weighted by molar-refractivity contribution is -0.150. The number of carbonyl (C=O) groups is 1. The number of allylic oxidation sites excluding steroid dienone is 4. The maximum Gasteiger partial charge on any atom is 0.331 e. The molecular formula is C56H108O6Si4. The summed E-state index contributed by atoms with van der Waals surface area (Å²) in [6.45, 7) is 64.5. The zero-order chi connectivity index (χ0) is 51.7. The Kier molecular flexibility index (Phi) is 23.6. The number of hydrogen-bond donors (Lipinski definition) is 0. The van der Waals surface area contributed by atoms with Crippen LogP contribution in [0.1, 0.15) is 150 Å². The highest BCUT2D eigenvalue weighted by Gasteiger charge is 2.45. The van der Waals surface area contributed by atoms with Crippen LogP contribution in [0.25, 0.3) is 0 Å². The molecule has 0 amide bonds. The third-order valence-corrected chi connectivity index (χ3v) is 34.6. The maximum atomic E-state index is 13.9. The molecule has 1 unspecified atom stereocenters. The lowest BCUT2D eigenvalue weighted by Gasteiger charge is -2.44. The molecule has 6 nitrogen and oxygen atoms in total. The summed E-state index contributed by atoms with van der Waals surface area (Å²) in [6, 6.07) is 0. The van der Waals surface area contributed by atoms with E-state index >= 15 is 0 Å². The van der Waals surface area contributed by atoms with Gasteiger partial charge in [0.1, 0.15) is 6.10 Å². The molecule has 0 N–H and O–H groups in total. The van der Waals surface area contributed by atoms with Gasteiger partial charge < -0.3 is 22.4 Å². The first kappa shape index (κ1) is 62.9. The van der Waals surface area contributed by atoms with E-state index in [0.29, 0.717) is 11.8 Å². The predicted octanol–water partition coefficient (Wildman–Crippen LogP) is 17.3. The van der Waals surface area contributed by atoms with Gasteiger partial charge in [0.05, 0.1) is 24.4 Å². The van der Waals surface area contributed by atoms with Crippen LogP contribution in [0.3, 0.4) is 0 Å². The number of cyclic esters (lactones) is 1. The van der Waals surface area contributed by atoms with Crippen molar-refractivity contribution >= 4 is 39.2 Å². The number of esters is 1. The molecule has 1 rings (SSSR count). The van der Waals surface area contributed by atoms with Crippen molar-refractivity contribution in [2.24, 2.45) is 35.5 Å². The van der Waals surface area contributed by atoms with Gasteiger partial charge in [-0.2, -0.15) is 0 Å². The minimum atomic E-state index is -2.21. The summed E-state index contributed by atoms with van der Waals surface area (Å²) in [5.41, 5.74) is 0. The Morgan fingerprint density at radius 1 is 0.621 bits per heavy atom. The fraction of sp³-hybridized carbons (Fsp3) is 0.804. The molecule has 10 heteroatoms. The minimum absolute atomic E-state index is 0.0296. The Labute approximate surface area is 414 Å². The largest absolute Gasteiger partial charge is 0.458 e. The Balaban J connectivity index is 4.21. The molecule has 0 aromatic carbocycles. The van der Waals surface area contributed by atoms with Gasteiger partial charge in [-0.15, -0.1) is 0 Å². The molecule has 0 aliphatic carbocycles. The Hall–Kier alpha value is -1.12. The summed E-state index contributed by atoms with van der Waals surface area (Å²) >= 11 is 0. The van der Waals surface area contributed by atoms with Crippen LogP contribution in [-0.2, 0) is 27.2 Å². The summed E-state index contributed by atoms with van der Waals surface area (Å²) in [6.07, 6.45) is 21.2. The van der Waals surface area contributed by atoms with Gasteiger partial charge >= 0.3 is 5.97 Å². The van der Waals surface area contributed by atoms with Gasteiger partial charge in [0.25, 0.3) is 0 Å². The summed E-state index contributed by atoms with van der Waals surface area (Å²) in [4.78, 5) is 13.9. The summed E-state index contributed by atoms with van der Waals surface area (Å²) in [7, 11) is -8.76. The Morgan fingerprint density at radius 3 is 1.58 bits per heavy atom. The predicted molar refractivity (Wildman–Crippen MR) is 298 cm³/mol. The van der Waals surface area contributed by atoms with Gasteiger partial charge in [0.2, 0.25) is 0 Å². The average Bonchev–Trinajstić information content (AvgIpc) is 3.14. The van der Waals surface area contributed by atoms with E-state index in [9.17, 15) is 4.79 Å². The molecule has 1 aliphatic rings. The SMILES string of the molecule is C=C/C=C\[C@H](C)[C@@H]1OC(=O)/C=C/C=C/[C@H](C)[C@@H](O[Si](C)(C)C(C)(C)C)C[C@H](O[Si](C)(C)C(C)(C)C)/C=C\[C@H](C)[C@H](O[Si](C)(C)C(C)(C)C)[C@H](C)C[C@@H](C)CCC(O[Si](C)(C)C(C)(C)C)[C@@H]1C. The van der Waals surface area contributed by atoms with Crippen molar-refractivity contribution in [3.8, 4) is 0 Å². The van der Waals surface area contributed by atoms with Crippen molar-refractivity contribution in [3.63, 3.8) is 0 Å².